The van der Waals surface area contributed by atoms with Crippen molar-refractivity contribution < 1.29 is 54.7 Å². The van der Waals surface area contributed by atoms with E-state index >= 15 is 0 Å². The summed E-state index contributed by atoms with van der Waals surface area (Å²) in [5.41, 5.74) is -4.43. The van der Waals surface area contributed by atoms with Crippen LogP contribution >= 0.6 is 0 Å². The van der Waals surface area contributed by atoms with Gasteiger partial charge in [-0.3, -0.25) is 10.1 Å². The van der Waals surface area contributed by atoms with Crippen molar-refractivity contribution in [1.29, 1.82) is 0 Å². The number of hydrogen-bond donors (Lipinski definition) is 7. The summed E-state index contributed by atoms with van der Waals surface area (Å²) >= 11 is 0. The van der Waals surface area contributed by atoms with Crippen LogP contribution in [-0.2, 0) is 25.8 Å². The Balaban J connectivity index is 1.40. The maximum Gasteiger partial charge on any atom is 0.408 e. The number of benzene rings is 2. The van der Waals surface area contributed by atoms with Gasteiger partial charge in [0.15, 0.2) is 5.78 Å². The van der Waals surface area contributed by atoms with Crippen molar-refractivity contribution in [2.24, 2.45) is 28.6 Å². The van der Waals surface area contributed by atoms with Gasteiger partial charge < -0.3 is 40.3 Å². The van der Waals surface area contributed by atoms with E-state index < -0.39 is 88.2 Å². The highest BCUT2D eigenvalue weighted by atomic mass is 17.1. The molecule has 4 aliphatic rings. The lowest BCUT2D eigenvalue weighted by Gasteiger charge is -2.67. The van der Waals surface area contributed by atoms with Crippen molar-refractivity contribution in [2.75, 3.05) is 6.61 Å². The number of ketones is 1. The molecule has 12 atom stereocenters. The van der Waals surface area contributed by atoms with Crippen LogP contribution in [0.5, 0.6) is 0 Å². The first-order valence-electron chi connectivity index (χ1n) is 17.2. The number of nitrogens with one attached hydrogen (secondary N) is 1. The second-order valence-electron chi connectivity index (χ2n) is 15.5. The Morgan fingerprint density at radius 2 is 1.66 bits per heavy atom. The van der Waals surface area contributed by atoms with Gasteiger partial charge in [-0.05, 0) is 42.9 Å². The predicted octanol–water partition coefficient (Wildman–Crippen LogP) is 3.06. The number of hydrogen-bond acceptors (Lipinski definition) is 11. The van der Waals surface area contributed by atoms with Crippen LogP contribution in [0.3, 0.4) is 0 Å². The molecule has 1 heterocycles. The van der Waals surface area contributed by atoms with Crippen molar-refractivity contribution in [1.82, 2.24) is 5.32 Å². The first-order chi connectivity index (χ1) is 23.5. The van der Waals surface area contributed by atoms with Crippen LogP contribution in [0.2, 0.25) is 0 Å². The molecule has 2 bridgehead atoms. The Bertz CT molecular complexity index is 1620. The lowest BCUT2D eigenvalue weighted by atomic mass is 9.42. The molecule has 0 radical (unpaired) electrons. The van der Waals surface area contributed by atoms with E-state index in [-0.39, 0.29) is 31.6 Å². The number of carbonyl (C=O) groups excluding carboxylic acids is 2. The van der Waals surface area contributed by atoms with Gasteiger partial charge in [-0.1, -0.05) is 87.0 Å². The Hall–Kier alpha value is -3.20. The molecule has 2 aromatic carbocycles. The molecule has 2 saturated carbocycles. The lowest BCUT2D eigenvalue weighted by molar-refractivity contribution is -0.339. The van der Waals surface area contributed by atoms with Gasteiger partial charge in [0.25, 0.3) is 0 Å². The molecule has 0 spiro atoms. The maximum absolute atomic E-state index is 14.5. The molecule has 2 aromatic rings. The Labute approximate surface area is 291 Å². The van der Waals surface area contributed by atoms with Gasteiger partial charge in [0, 0.05) is 23.7 Å². The zero-order valence-corrected chi connectivity index (χ0v) is 29.0. The summed E-state index contributed by atoms with van der Waals surface area (Å²) in [4.78, 5) is 32.6. The highest BCUT2D eigenvalue weighted by Crippen LogP contribution is 2.65. The number of amides is 1. The number of carbonyl (C=O) groups is 2. The highest BCUT2D eigenvalue weighted by molar-refractivity contribution is 5.93. The molecule has 0 aromatic heterocycles. The minimum Gasteiger partial charge on any atom is -0.445 e. The number of fused-ring (bicyclic) bond motifs is 5. The molecule has 272 valence electrons. The fourth-order valence-electron chi connectivity index (χ4n) is 9.91. The molecule has 7 N–H and O–H groups in total. The quantitative estimate of drug-likeness (QED) is 0.122. The second kappa shape index (κ2) is 13.1. The smallest absolute Gasteiger partial charge is 0.408 e. The lowest BCUT2D eigenvalue weighted by Crippen LogP contribution is -2.78. The van der Waals surface area contributed by atoms with Crippen LogP contribution in [0.15, 0.2) is 71.8 Å². The van der Waals surface area contributed by atoms with Crippen LogP contribution in [0.4, 0.5) is 4.79 Å². The van der Waals surface area contributed by atoms with E-state index in [9.17, 15) is 40.4 Å². The molecule has 1 aliphatic heterocycles. The zero-order chi connectivity index (χ0) is 36.4. The van der Waals surface area contributed by atoms with E-state index in [2.05, 4.69) is 5.32 Å². The van der Waals surface area contributed by atoms with Crippen molar-refractivity contribution in [3.63, 3.8) is 0 Å². The number of aliphatic hydroxyl groups excluding tert-OH is 3. The summed E-state index contributed by atoms with van der Waals surface area (Å²) in [5.74, 6) is -3.59. The molecular weight excluding hydrogens is 646 g/mol. The Morgan fingerprint density at radius 3 is 2.24 bits per heavy atom. The molecule has 11 unspecified atom stereocenters. The van der Waals surface area contributed by atoms with Gasteiger partial charge >= 0.3 is 6.09 Å². The SMILES string of the molecule is CC1=C2C(O)C(=O)[C@]3(C)C(O)CC4OCC4(O)C3C(C)C(O)(CC1C(OO)C(O)C(NC(=O)OCc1ccccc1)c1ccccc1)C2(C)C. The molecule has 12 nitrogen and oxygen atoms in total. The second-order valence-corrected chi connectivity index (χ2v) is 15.5. The third-order valence-electron chi connectivity index (χ3n) is 12.8. The number of ether oxygens (including phenoxy) is 2. The normalized spacial score (nSPS) is 37.9. The van der Waals surface area contributed by atoms with Crippen LogP contribution in [0.1, 0.15) is 64.6 Å². The van der Waals surface area contributed by atoms with Crippen LogP contribution in [0, 0.1) is 28.6 Å². The summed E-state index contributed by atoms with van der Waals surface area (Å²) in [6, 6.07) is 16.5. The molecule has 12 heteroatoms. The highest BCUT2D eigenvalue weighted by Gasteiger charge is 2.74. The molecule has 3 fully saturated rings. The largest absolute Gasteiger partial charge is 0.445 e. The van der Waals surface area contributed by atoms with Crippen LogP contribution in [0.25, 0.3) is 0 Å². The van der Waals surface area contributed by atoms with Gasteiger partial charge in [-0.15, -0.1) is 0 Å². The Kier molecular flexibility index (Phi) is 9.58. The summed E-state index contributed by atoms with van der Waals surface area (Å²) in [6.45, 7) is 8.22. The van der Waals surface area contributed by atoms with Crippen molar-refractivity contribution >= 4 is 11.9 Å². The van der Waals surface area contributed by atoms with E-state index in [1.165, 1.54) is 6.92 Å². The van der Waals surface area contributed by atoms with Crippen LogP contribution < -0.4 is 5.32 Å². The fraction of sp³-hybridized carbons (Fsp3) is 0.579. The molecule has 6 rings (SSSR count). The Morgan fingerprint density at radius 1 is 1.04 bits per heavy atom. The van der Waals surface area contributed by atoms with Gasteiger partial charge in [0.05, 0.1) is 35.9 Å². The van der Waals surface area contributed by atoms with E-state index in [1.807, 2.05) is 18.2 Å². The maximum atomic E-state index is 14.5. The monoisotopic (exact) mass is 695 g/mol. The topological polar surface area (TPSA) is 195 Å². The average molecular weight is 696 g/mol. The molecule has 1 amide bonds. The molecule has 50 heavy (non-hydrogen) atoms. The number of rotatable bonds is 8. The van der Waals surface area contributed by atoms with Crippen molar-refractivity contribution in [2.45, 2.75) is 102 Å². The number of Topliss-reactive ketones (excluding diaryl/α,β-unsaturated/α-hetero) is 1. The summed E-state index contributed by atoms with van der Waals surface area (Å²) in [7, 11) is 0. The summed E-state index contributed by atoms with van der Waals surface area (Å²) in [6.07, 6.45) is -7.94. The van der Waals surface area contributed by atoms with E-state index in [0.29, 0.717) is 11.1 Å². The standard InChI is InChI=1S/C38H49NO11/c1-20-24(31(50-47)30(42)28(23-14-10-7-11-15-23)39-34(44)48-18-22-12-8-6-9-13-22)17-38(46)21(2)32-36(5,25(40)16-26-37(32,45)19-49-26)33(43)29(41)27(20)35(38,3)4/h6-15,21,24-26,28-32,40-42,45-47H,16-19H2,1-5H3,(H,39,44)/t21?,24?,25?,26?,28?,29?,30?,31?,32?,36-,37?,38?/m1/s1. The average Bonchev–Trinajstić information content (AvgIpc) is 3.09. The number of aliphatic hydroxyl groups is 5. The molecular formula is C38H49NO11. The van der Waals surface area contributed by atoms with E-state index in [0.717, 1.165) is 5.56 Å². The van der Waals surface area contributed by atoms with Crippen LogP contribution in [-0.4, -0.2) is 91.0 Å². The number of alkyl carbamates (subject to hydrolysis) is 1. The molecule has 3 aliphatic carbocycles. The van der Waals surface area contributed by atoms with E-state index in [4.69, 9.17) is 14.4 Å². The predicted molar refractivity (Wildman–Crippen MR) is 179 cm³/mol. The van der Waals surface area contributed by atoms with E-state index in [1.54, 1.807) is 70.2 Å². The summed E-state index contributed by atoms with van der Waals surface area (Å²) in [5, 5.41) is 73.6. The molecule has 1 saturated heterocycles. The minimum atomic E-state index is -1.80. The fourth-order valence-corrected chi connectivity index (χ4v) is 9.91. The van der Waals surface area contributed by atoms with Gasteiger partial charge in [-0.2, -0.15) is 0 Å². The summed E-state index contributed by atoms with van der Waals surface area (Å²) < 4.78 is 11.1. The van der Waals surface area contributed by atoms with Crippen molar-refractivity contribution in [3.05, 3.63) is 82.9 Å². The van der Waals surface area contributed by atoms with Gasteiger partial charge in [-0.25, -0.2) is 9.68 Å². The van der Waals surface area contributed by atoms with Gasteiger partial charge in [0.2, 0.25) is 0 Å². The minimum absolute atomic E-state index is 0.00850. The first kappa shape index (κ1) is 36.6. The zero-order valence-electron chi connectivity index (χ0n) is 29.0. The van der Waals surface area contributed by atoms with Crippen molar-refractivity contribution in [3.8, 4) is 0 Å². The third kappa shape index (κ3) is 5.43. The van der Waals surface area contributed by atoms with Gasteiger partial charge in [0.1, 0.15) is 30.5 Å². The third-order valence-corrected chi connectivity index (χ3v) is 12.8. The first-order valence-corrected chi connectivity index (χ1v) is 17.2.